The summed E-state index contributed by atoms with van der Waals surface area (Å²) in [5.41, 5.74) is -0.216. The molecule has 24 heavy (non-hydrogen) atoms. The SMILES string of the molecule is CCN1CCCN(C(=O)NC(C)c2nc(C(C)(C)C)no2)CC1=O. The standard InChI is InChI=1S/C16H27N5O3/c1-6-20-8-7-9-21(10-12(20)22)15(23)17-11(2)13-18-14(19-24-13)16(3,4)5/h11H,6-10H2,1-5H3,(H,17,23). The van der Waals surface area contributed by atoms with Crippen LogP contribution >= 0.6 is 0 Å². The molecule has 8 nitrogen and oxygen atoms in total. The van der Waals surface area contributed by atoms with E-state index in [1.165, 1.54) is 4.90 Å². The fourth-order valence-electron chi connectivity index (χ4n) is 2.48. The highest BCUT2D eigenvalue weighted by atomic mass is 16.5. The molecule has 2 rings (SSSR count). The van der Waals surface area contributed by atoms with E-state index >= 15 is 0 Å². The molecule has 1 aromatic rings. The van der Waals surface area contributed by atoms with Crippen molar-refractivity contribution in [3.05, 3.63) is 11.7 Å². The molecule has 0 spiro atoms. The van der Waals surface area contributed by atoms with Gasteiger partial charge in [0, 0.05) is 25.0 Å². The lowest BCUT2D eigenvalue weighted by atomic mass is 9.96. The number of carbonyl (C=O) groups excluding carboxylic acids is 2. The summed E-state index contributed by atoms with van der Waals surface area (Å²) < 4.78 is 5.25. The van der Waals surface area contributed by atoms with Crippen LogP contribution in [0.3, 0.4) is 0 Å². The summed E-state index contributed by atoms with van der Waals surface area (Å²) in [6, 6.07) is -0.703. The molecule has 1 unspecified atom stereocenters. The summed E-state index contributed by atoms with van der Waals surface area (Å²) >= 11 is 0. The molecule has 0 aliphatic carbocycles. The first kappa shape index (κ1) is 18.2. The van der Waals surface area contributed by atoms with Crippen LogP contribution in [0.15, 0.2) is 4.52 Å². The van der Waals surface area contributed by atoms with Crippen molar-refractivity contribution >= 4 is 11.9 Å². The second-order valence-electron chi connectivity index (χ2n) is 7.13. The third-order valence-corrected chi connectivity index (χ3v) is 4.03. The van der Waals surface area contributed by atoms with Crippen molar-refractivity contribution in [3.63, 3.8) is 0 Å². The quantitative estimate of drug-likeness (QED) is 0.906. The third-order valence-electron chi connectivity index (χ3n) is 4.03. The van der Waals surface area contributed by atoms with Crippen molar-refractivity contribution in [1.29, 1.82) is 0 Å². The van der Waals surface area contributed by atoms with Gasteiger partial charge in [-0.25, -0.2) is 4.79 Å². The Balaban J connectivity index is 1.98. The lowest BCUT2D eigenvalue weighted by Crippen LogP contribution is -2.44. The molecule has 0 bridgehead atoms. The highest BCUT2D eigenvalue weighted by Crippen LogP contribution is 2.20. The van der Waals surface area contributed by atoms with Gasteiger partial charge in [0.25, 0.3) is 0 Å². The predicted molar refractivity (Wildman–Crippen MR) is 88.4 cm³/mol. The molecule has 1 N–H and O–H groups in total. The first-order valence-corrected chi connectivity index (χ1v) is 8.39. The highest BCUT2D eigenvalue weighted by molar-refractivity contribution is 5.84. The van der Waals surface area contributed by atoms with Gasteiger partial charge in [-0.1, -0.05) is 25.9 Å². The average molecular weight is 337 g/mol. The van der Waals surface area contributed by atoms with E-state index < -0.39 is 6.04 Å². The maximum absolute atomic E-state index is 12.4. The van der Waals surface area contributed by atoms with Crippen molar-refractivity contribution in [2.24, 2.45) is 0 Å². The van der Waals surface area contributed by atoms with E-state index in [9.17, 15) is 9.59 Å². The number of hydrogen-bond donors (Lipinski definition) is 1. The summed E-state index contributed by atoms with van der Waals surface area (Å²) in [6.07, 6.45) is 0.774. The third kappa shape index (κ3) is 4.24. The van der Waals surface area contributed by atoms with E-state index in [1.54, 1.807) is 11.8 Å². The fraction of sp³-hybridized carbons (Fsp3) is 0.750. The van der Waals surface area contributed by atoms with Crippen LogP contribution in [0.4, 0.5) is 4.79 Å². The number of hydrogen-bond acceptors (Lipinski definition) is 5. The van der Waals surface area contributed by atoms with Crippen LogP contribution in [0.25, 0.3) is 0 Å². The number of carbonyl (C=O) groups is 2. The Hall–Kier alpha value is -2.12. The van der Waals surface area contributed by atoms with Crippen LogP contribution in [-0.4, -0.2) is 58.1 Å². The molecule has 3 amide bonds. The van der Waals surface area contributed by atoms with Crippen LogP contribution in [0.2, 0.25) is 0 Å². The molecular weight excluding hydrogens is 310 g/mol. The molecule has 1 aliphatic rings. The highest BCUT2D eigenvalue weighted by Gasteiger charge is 2.27. The Morgan fingerprint density at radius 2 is 2.08 bits per heavy atom. The van der Waals surface area contributed by atoms with Crippen LogP contribution in [0.1, 0.15) is 58.8 Å². The number of rotatable bonds is 3. The van der Waals surface area contributed by atoms with Crippen molar-refractivity contribution in [2.75, 3.05) is 26.2 Å². The summed E-state index contributed by atoms with van der Waals surface area (Å²) in [7, 11) is 0. The van der Waals surface area contributed by atoms with Gasteiger partial charge >= 0.3 is 6.03 Å². The molecule has 1 atom stereocenters. The lowest BCUT2D eigenvalue weighted by Gasteiger charge is -2.22. The van der Waals surface area contributed by atoms with E-state index in [-0.39, 0.29) is 23.9 Å². The van der Waals surface area contributed by atoms with Gasteiger partial charge < -0.3 is 19.6 Å². The van der Waals surface area contributed by atoms with Crippen molar-refractivity contribution in [1.82, 2.24) is 25.3 Å². The Bertz CT molecular complexity index is 593. The van der Waals surface area contributed by atoms with Crippen molar-refractivity contribution in [3.8, 4) is 0 Å². The van der Waals surface area contributed by atoms with Crippen LogP contribution in [-0.2, 0) is 10.2 Å². The van der Waals surface area contributed by atoms with Crippen LogP contribution < -0.4 is 5.32 Å². The second-order valence-corrected chi connectivity index (χ2v) is 7.13. The van der Waals surface area contributed by atoms with Gasteiger partial charge in [-0.05, 0) is 20.3 Å². The first-order valence-electron chi connectivity index (χ1n) is 8.39. The number of likely N-dealkylation sites (N-methyl/N-ethyl adjacent to an activating group) is 1. The molecule has 0 saturated carbocycles. The topological polar surface area (TPSA) is 91.6 Å². The molecule has 0 radical (unpaired) electrons. The molecule has 134 valence electrons. The Morgan fingerprint density at radius 1 is 1.38 bits per heavy atom. The molecule has 1 aromatic heterocycles. The van der Waals surface area contributed by atoms with Gasteiger partial charge in [0.05, 0.1) is 0 Å². The fourth-order valence-corrected chi connectivity index (χ4v) is 2.48. The Kier molecular flexibility index (Phi) is 5.46. The van der Waals surface area contributed by atoms with E-state index in [2.05, 4.69) is 15.5 Å². The van der Waals surface area contributed by atoms with E-state index in [0.717, 1.165) is 6.42 Å². The molecule has 1 aliphatic heterocycles. The van der Waals surface area contributed by atoms with Crippen LogP contribution in [0.5, 0.6) is 0 Å². The zero-order chi connectivity index (χ0) is 17.9. The van der Waals surface area contributed by atoms with Crippen molar-refractivity contribution < 1.29 is 14.1 Å². The minimum Gasteiger partial charge on any atom is -0.341 e. The average Bonchev–Trinajstić information content (AvgIpc) is 2.92. The molecule has 1 saturated heterocycles. The first-order chi connectivity index (χ1) is 11.2. The zero-order valence-electron chi connectivity index (χ0n) is 15.1. The molecule has 0 aromatic carbocycles. The molecule has 2 heterocycles. The van der Waals surface area contributed by atoms with Crippen LogP contribution in [0, 0.1) is 0 Å². The van der Waals surface area contributed by atoms with E-state index in [0.29, 0.717) is 31.3 Å². The molecule has 8 heteroatoms. The summed E-state index contributed by atoms with van der Waals surface area (Å²) in [5.74, 6) is 0.942. The summed E-state index contributed by atoms with van der Waals surface area (Å²) in [5, 5.41) is 6.80. The molecular formula is C16H27N5O3. The van der Waals surface area contributed by atoms with E-state index in [4.69, 9.17) is 4.52 Å². The largest absolute Gasteiger partial charge is 0.341 e. The maximum atomic E-state index is 12.4. The summed E-state index contributed by atoms with van der Waals surface area (Å²) in [6.45, 7) is 11.7. The number of nitrogens with zero attached hydrogens (tertiary/aromatic N) is 4. The van der Waals surface area contributed by atoms with Gasteiger partial charge in [0.15, 0.2) is 5.82 Å². The van der Waals surface area contributed by atoms with E-state index in [1.807, 2.05) is 27.7 Å². The smallest absolute Gasteiger partial charge is 0.318 e. The summed E-state index contributed by atoms with van der Waals surface area (Å²) in [4.78, 5) is 32.2. The van der Waals surface area contributed by atoms with Gasteiger partial charge in [-0.15, -0.1) is 0 Å². The minimum atomic E-state index is -0.415. The Labute approximate surface area is 142 Å². The number of amides is 3. The van der Waals surface area contributed by atoms with Gasteiger partial charge in [-0.2, -0.15) is 4.98 Å². The Morgan fingerprint density at radius 3 is 2.67 bits per heavy atom. The molecule has 1 fully saturated rings. The van der Waals surface area contributed by atoms with Gasteiger partial charge in [0.2, 0.25) is 11.8 Å². The number of nitrogens with one attached hydrogen (secondary N) is 1. The van der Waals surface area contributed by atoms with Crippen molar-refractivity contribution in [2.45, 2.75) is 52.5 Å². The number of urea groups is 1. The van der Waals surface area contributed by atoms with Gasteiger partial charge in [0.1, 0.15) is 12.6 Å². The lowest BCUT2D eigenvalue weighted by molar-refractivity contribution is -0.130. The normalized spacial score (nSPS) is 17.6. The maximum Gasteiger partial charge on any atom is 0.318 e. The van der Waals surface area contributed by atoms with Gasteiger partial charge in [-0.3, -0.25) is 4.79 Å². The predicted octanol–water partition coefficient (Wildman–Crippen LogP) is 1.69. The minimum absolute atomic E-state index is 0.0226. The number of aromatic nitrogens is 2. The zero-order valence-corrected chi connectivity index (χ0v) is 15.1. The monoisotopic (exact) mass is 337 g/mol. The second kappa shape index (κ2) is 7.19.